The van der Waals surface area contributed by atoms with Crippen molar-refractivity contribution in [3.05, 3.63) is 65.2 Å². The van der Waals surface area contributed by atoms with Crippen LogP contribution in [0.5, 0.6) is 5.75 Å². The summed E-state index contributed by atoms with van der Waals surface area (Å²) in [5.74, 6) is 0.309. The Bertz CT molecular complexity index is 714. The SMILES string of the molecule is CC(C)(C)OC(=O)COc1ccc(Cc2ccc(C(C)(C)C)cc2)cc1. The van der Waals surface area contributed by atoms with E-state index < -0.39 is 5.60 Å². The molecule has 26 heavy (non-hydrogen) atoms. The summed E-state index contributed by atoms with van der Waals surface area (Å²) in [6, 6.07) is 16.6. The minimum atomic E-state index is -0.493. The van der Waals surface area contributed by atoms with Crippen molar-refractivity contribution in [3.63, 3.8) is 0 Å². The van der Waals surface area contributed by atoms with Gasteiger partial charge in [-0.25, -0.2) is 4.79 Å². The number of benzene rings is 2. The summed E-state index contributed by atoms with van der Waals surface area (Å²) >= 11 is 0. The zero-order chi connectivity index (χ0) is 19.4. The van der Waals surface area contributed by atoms with E-state index in [0.717, 1.165) is 6.42 Å². The molecule has 3 heteroatoms. The van der Waals surface area contributed by atoms with Crippen LogP contribution in [0.1, 0.15) is 58.2 Å². The molecule has 0 saturated carbocycles. The van der Waals surface area contributed by atoms with Crippen molar-refractivity contribution >= 4 is 5.97 Å². The van der Waals surface area contributed by atoms with Gasteiger partial charge in [-0.1, -0.05) is 57.2 Å². The van der Waals surface area contributed by atoms with Gasteiger partial charge in [0.1, 0.15) is 11.4 Å². The van der Waals surface area contributed by atoms with Crippen LogP contribution >= 0.6 is 0 Å². The second-order valence-corrected chi connectivity index (χ2v) is 8.64. The lowest BCUT2D eigenvalue weighted by molar-refractivity contribution is -0.157. The van der Waals surface area contributed by atoms with Crippen molar-refractivity contribution in [2.24, 2.45) is 0 Å². The van der Waals surface area contributed by atoms with Gasteiger partial charge in [0.2, 0.25) is 0 Å². The minimum absolute atomic E-state index is 0.0785. The monoisotopic (exact) mass is 354 g/mol. The molecule has 3 nitrogen and oxygen atoms in total. The lowest BCUT2D eigenvalue weighted by Gasteiger charge is -2.19. The zero-order valence-electron chi connectivity index (χ0n) is 16.8. The number of ether oxygens (including phenoxy) is 2. The maximum atomic E-state index is 11.7. The normalized spacial score (nSPS) is 11.9. The fraction of sp³-hybridized carbons (Fsp3) is 0.435. The largest absolute Gasteiger partial charge is 0.482 e. The molecule has 0 saturated heterocycles. The summed E-state index contributed by atoms with van der Waals surface area (Å²) in [7, 11) is 0. The number of esters is 1. The van der Waals surface area contributed by atoms with E-state index in [9.17, 15) is 4.79 Å². The maximum absolute atomic E-state index is 11.7. The topological polar surface area (TPSA) is 35.5 Å². The summed E-state index contributed by atoms with van der Waals surface area (Å²) in [4.78, 5) is 11.7. The van der Waals surface area contributed by atoms with Gasteiger partial charge in [-0.05, 0) is 61.4 Å². The van der Waals surface area contributed by atoms with Crippen LogP contribution in [0.4, 0.5) is 0 Å². The molecule has 2 aromatic carbocycles. The summed E-state index contributed by atoms with van der Waals surface area (Å²) in [5.41, 5.74) is 3.50. The predicted molar refractivity (Wildman–Crippen MR) is 106 cm³/mol. The molecule has 0 aliphatic carbocycles. The molecule has 0 aliphatic rings. The van der Waals surface area contributed by atoms with Gasteiger partial charge in [0.15, 0.2) is 6.61 Å². The van der Waals surface area contributed by atoms with Gasteiger partial charge in [-0.15, -0.1) is 0 Å². The maximum Gasteiger partial charge on any atom is 0.344 e. The van der Waals surface area contributed by atoms with Gasteiger partial charge in [0, 0.05) is 0 Å². The van der Waals surface area contributed by atoms with Crippen LogP contribution in [0.3, 0.4) is 0 Å². The second kappa shape index (κ2) is 7.94. The van der Waals surface area contributed by atoms with Crippen molar-refractivity contribution in [1.82, 2.24) is 0 Å². The van der Waals surface area contributed by atoms with Gasteiger partial charge >= 0.3 is 5.97 Å². The summed E-state index contributed by atoms with van der Waals surface area (Å²) in [6.07, 6.45) is 0.872. The number of rotatable bonds is 5. The Morgan fingerprint density at radius 1 is 0.808 bits per heavy atom. The van der Waals surface area contributed by atoms with E-state index in [1.807, 2.05) is 45.0 Å². The van der Waals surface area contributed by atoms with E-state index in [1.54, 1.807) is 0 Å². The lowest BCUT2D eigenvalue weighted by atomic mass is 9.86. The van der Waals surface area contributed by atoms with Gasteiger partial charge in [0.25, 0.3) is 0 Å². The highest BCUT2D eigenvalue weighted by molar-refractivity contribution is 5.71. The van der Waals surface area contributed by atoms with Crippen LogP contribution in [0, 0.1) is 0 Å². The summed E-state index contributed by atoms with van der Waals surface area (Å²) in [6.45, 7) is 12.1. The third kappa shape index (κ3) is 6.55. The first-order valence-electron chi connectivity index (χ1n) is 9.06. The lowest BCUT2D eigenvalue weighted by Crippen LogP contribution is -2.27. The highest BCUT2D eigenvalue weighted by atomic mass is 16.6. The van der Waals surface area contributed by atoms with E-state index in [4.69, 9.17) is 9.47 Å². The molecule has 0 radical (unpaired) electrons. The van der Waals surface area contributed by atoms with Crippen molar-refractivity contribution in [3.8, 4) is 5.75 Å². The summed E-state index contributed by atoms with van der Waals surface area (Å²) in [5, 5.41) is 0. The summed E-state index contributed by atoms with van der Waals surface area (Å²) < 4.78 is 10.7. The Hall–Kier alpha value is -2.29. The van der Waals surface area contributed by atoms with Crippen LogP contribution in [0.2, 0.25) is 0 Å². The molecule has 0 aliphatic heterocycles. The molecule has 140 valence electrons. The first-order valence-corrected chi connectivity index (χ1v) is 9.06. The Morgan fingerprint density at radius 2 is 1.31 bits per heavy atom. The van der Waals surface area contributed by atoms with Gasteiger partial charge in [0.05, 0.1) is 0 Å². The first kappa shape index (κ1) is 20.0. The molecule has 0 amide bonds. The van der Waals surface area contributed by atoms with Crippen LogP contribution in [0.25, 0.3) is 0 Å². The molecular formula is C23H30O3. The molecule has 0 bridgehead atoms. The Morgan fingerprint density at radius 3 is 1.77 bits per heavy atom. The predicted octanol–water partition coefficient (Wildman–Crippen LogP) is 5.30. The average Bonchev–Trinajstić information content (AvgIpc) is 2.52. The zero-order valence-corrected chi connectivity index (χ0v) is 16.8. The third-order valence-corrected chi connectivity index (χ3v) is 3.93. The molecule has 0 N–H and O–H groups in total. The second-order valence-electron chi connectivity index (χ2n) is 8.64. The molecule has 0 atom stereocenters. The molecule has 0 fully saturated rings. The van der Waals surface area contributed by atoms with Crippen LogP contribution in [-0.2, 0) is 21.4 Å². The van der Waals surface area contributed by atoms with E-state index in [0.29, 0.717) is 5.75 Å². The van der Waals surface area contributed by atoms with Gasteiger partial charge in [-0.3, -0.25) is 0 Å². The Labute approximate surface area is 157 Å². The van der Waals surface area contributed by atoms with Crippen molar-refractivity contribution < 1.29 is 14.3 Å². The quantitative estimate of drug-likeness (QED) is 0.684. The first-order chi connectivity index (χ1) is 12.0. The fourth-order valence-electron chi connectivity index (χ4n) is 2.58. The van der Waals surface area contributed by atoms with E-state index in [2.05, 4.69) is 45.0 Å². The standard InChI is InChI=1S/C23H30O3/c1-22(2,3)19-11-7-17(8-12-19)15-18-9-13-20(14-10-18)25-16-21(24)26-23(4,5)6/h7-14H,15-16H2,1-6H3. The fourth-order valence-corrected chi connectivity index (χ4v) is 2.58. The number of carbonyl (C=O) groups is 1. The number of carbonyl (C=O) groups excluding carboxylic acids is 1. The van der Waals surface area contributed by atoms with E-state index >= 15 is 0 Å². The minimum Gasteiger partial charge on any atom is -0.482 e. The van der Waals surface area contributed by atoms with Crippen molar-refractivity contribution in [2.75, 3.05) is 6.61 Å². The van der Waals surface area contributed by atoms with Gasteiger partial charge in [-0.2, -0.15) is 0 Å². The van der Waals surface area contributed by atoms with Crippen LogP contribution < -0.4 is 4.74 Å². The smallest absolute Gasteiger partial charge is 0.344 e. The van der Waals surface area contributed by atoms with Crippen molar-refractivity contribution in [1.29, 1.82) is 0 Å². The van der Waals surface area contributed by atoms with Crippen LogP contribution in [-0.4, -0.2) is 18.2 Å². The molecule has 0 unspecified atom stereocenters. The number of hydrogen-bond acceptors (Lipinski definition) is 3. The van der Waals surface area contributed by atoms with Gasteiger partial charge < -0.3 is 9.47 Å². The Kier molecular flexibility index (Phi) is 6.12. The van der Waals surface area contributed by atoms with E-state index in [1.165, 1.54) is 16.7 Å². The molecule has 0 spiro atoms. The van der Waals surface area contributed by atoms with Crippen LogP contribution in [0.15, 0.2) is 48.5 Å². The Balaban J connectivity index is 1.90. The molecule has 2 rings (SSSR count). The third-order valence-electron chi connectivity index (χ3n) is 3.93. The molecule has 0 aromatic heterocycles. The molecule has 2 aromatic rings. The van der Waals surface area contributed by atoms with Crippen molar-refractivity contribution in [2.45, 2.75) is 59.0 Å². The molecular weight excluding hydrogens is 324 g/mol. The number of hydrogen-bond donors (Lipinski definition) is 0. The average molecular weight is 354 g/mol. The molecule has 0 heterocycles. The highest BCUT2D eigenvalue weighted by Crippen LogP contribution is 2.23. The van der Waals surface area contributed by atoms with E-state index in [-0.39, 0.29) is 18.0 Å². The highest BCUT2D eigenvalue weighted by Gasteiger charge is 2.16.